The summed E-state index contributed by atoms with van der Waals surface area (Å²) in [6.07, 6.45) is 1.72. The monoisotopic (exact) mass is 244 g/mol. The van der Waals surface area contributed by atoms with E-state index in [2.05, 4.69) is 4.98 Å². The number of nitrogens with two attached hydrogens (primary N) is 1. The van der Waals surface area contributed by atoms with Gasteiger partial charge in [-0.1, -0.05) is 18.2 Å². The van der Waals surface area contributed by atoms with Crippen molar-refractivity contribution in [2.45, 2.75) is 13.0 Å². The van der Waals surface area contributed by atoms with Gasteiger partial charge in [0.15, 0.2) is 11.5 Å². The Morgan fingerprint density at radius 1 is 1.11 bits per heavy atom. The van der Waals surface area contributed by atoms with Gasteiger partial charge in [-0.05, 0) is 24.6 Å². The average molecular weight is 244 g/mol. The van der Waals surface area contributed by atoms with E-state index < -0.39 is 0 Å². The van der Waals surface area contributed by atoms with Gasteiger partial charge in [0, 0.05) is 18.3 Å². The molecule has 0 saturated heterocycles. The van der Waals surface area contributed by atoms with Crippen molar-refractivity contribution in [3.8, 4) is 17.4 Å². The molecule has 0 radical (unpaired) electrons. The predicted molar refractivity (Wildman–Crippen MR) is 69.9 cm³/mol. The van der Waals surface area contributed by atoms with Gasteiger partial charge >= 0.3 is 0 Å². The molecular formula is C14H16N2O2. The summed E-state index contributed by atoms with van der Waals surface area (Å²) in [5.41, 5.74) is 6.74. The zero-order valence-corrected chi connectivity index (χ0v) is 10.5. The lowest BCUT2D eigenvalue weighted by Gasteiger charge is -2.10. The maximum atomic E-state index is 5.76. The standard InChI is InChI=1S/C14H16N2O2/c1-10(15)11-7-8-14(16-9-11)18-13-6-4-3-5-12(13)17-2/h3-10H,15H2,1-2H3/t10-/m0/s1. The van der Waals surface area contributed by atoms with E-state index in [9.17, 15) is 0 Å². The minimum absolute atomic E-state index is 0.0298. The lowest BCUT2D eigenvalue weighted by Crippen LogP contribution is -2.05. The van der Waals surface area contributed by atoms with Gasteiger partial charge in [-0.25, -0.2) is 4.98 Å². The summed E-state index contributed by atoms with van der Waals surface area (Å²) in [5, 5.41) is 0. The first-order chi connectivity index (χ1) is 8.70. The van der Waals surface area contributed by atoms with Gasteiger partial charge in [0.05, 0.1) is 7.11 Å². The quantitative estimate of drug-likeness (QED) is 0.898. The summed E-state index contributed by atoms with van der Waals surface area (Å²) in [7, 11) is 1.61. The number of aromatic nitrogens is 1. The van der Waals surface area contributed by atoms with E-state index in [1.54, 1.807) is 19.4 Å². The third kappa shape index (κ3) is 2.78. The summed E-state index contributed by atoms with van der Waals surface area (Å²) >= 11 is 0. The molecule has 1 aromatic carbocycles. The Hall–Kier alpha value is -2.07. The van der Waals surface area contributed by atoms with Crippen LogP contribution in [0.1, 0.15) is 18.5 Å². The second-order valence-corrected chi connectivity index (χ2v) is 3.97. The van der Waals surface area contributed by atoms with Gasteiger partial charge in [-0.2, -0.15) is 0 Å². The number of hydrogen-bond donors (Lipinski definition) is 1. The zero-order chi connectivity index (χ0) is 13.0. The van der Waals surface area contributed by atoms with Gasteiger partial charge in [0.1, 0.15) is 0 Å². The van der Waals surface area contributed by atoms with E-state index in [-0.39, 0.29) is 6.04 Å². The van der Waals surface area contributed by atoms with Gasteiger partial charge in [-0.3, -0.25) is 0 Å². The molecule has 0 aliphatic carbocycles. The van der Waals surface area contributed by atoms with E-state index >= 15 is 0 Å². The Bertz CT molecular complexity index is 509. The Labute approximate surface area is 106 Å². The highest BCUT2D eigenvalue weighted by molar-refractivity contribution is 5.41. The number of nitrogens with zero attached hydrogens (tertiary/aromatic N) is 1. The van der Waals surface area contributed by atoms with Crippen molar-refractivity contribution in [3.63, 3.8) is 0 Å². The summed E-state index contributed by atoms with van der Waals surface area (Å²) in [6.45, 7) is 1.91. The molecule has 1 aromatic heterocycles. The average Bonchev–Trinajstić information content (AvgIpc) is 2.40. The molecule has 94 valence electrons. The summed E-state index contributed by atoms with van der Waals surface area (Å²) in [6, 6.07) is 11.1. The van der Waals surface area contributed by atoms with E-state index in [0.717, 1.165) is 5.56 Å². The van der Waals surface area contributed by atoms with Crippen molar-refractivity contribution < 1.29 is 9.47 Å². The maximum Gasteiger partial charge on any atom is 0.219 e. The first kappa shape index (κ1) is 12.4. The highest BCUT2D eigenvalue weighted by Gasteiger charge is 2.06. The number of ether oxygens (including phenoxy) is 2. The molecule has 0 aliphatic rings. The third-order valence-corrected chi connectivity index (χ3v) is 2.57. The molecular weight excluding hydrogens is 228 g/mol. The minimum atomic E-state index is -0.0298. The first-order valence-electron chi connectivity index (χ1n) is 5.73. The van der Waals surface area contributed by atoms with Crippen LogP contribution < -0.4 is 15.2 Å². The van der Waals surface area contributed by atoms with Gasteiger partial charge in [0.2, 0.25) is 5.88 Å². The fraction of sp³-hybridized carbons (Fsp3) is 0.214. The molecule has 1 atom stereocenters. The fourth-order valence-corrected chi connectivity index (χ4v) is 1.54. The van der Waals surface area contributed by atoms with E-state index in [1.165, 1.54) is 0 Å². The smallest absolute Gasteiger partial charge is 0.219 e. The topological polar surface area (TPSA) is 57.4 Å². The van der Waals surface area contributed by atoms with Crippen molar-refractivity contribution in [1.82, 2.24) is 4.98 Å². The molecule has 18 heavy (non-hydrogen) atoms. The molecule has 0 bridgehead atoms. The molecule has 0 saturated carbocycles. The number of benzene rings is 1. The summed E-state index contributed by atoms with van der Waals surface area (Å²) in [5.74, 6) is 1.83. The lowest BCUT2D eigenvalue weighted by molar-refractivity contribution is 0.374. The summed E-state index contributed by atoms with van der Waals surface area (Å²) < 4.78 is 10.9. The molecule has 0 aliphatic heterocycles. The molecule has 2 aromatic rings. The van der Waals surface area contributed by atoms with Crippen molar-refractivity contribution in [2.75, 3.05) is 7.11 Å². The van der Waals surface area contributed by atoms with Crippen LogP contribution in [0.25, 0.3) is 0 Å². The van der Waals surface area contributed by atoms with Crippen LogP contribution in [0.2, 0.25) is 0 Å². The van der Waals surface area contributed by atoms with E-state index in [1.807, 2.05) is 37.3 Å². The first-order valence-corrected chi connectivity index (χ1v) is 5.73. The number of pyridine rings is 1. The molecule has 0 spiro atoms. The van der Waals surface area contributed by atoms with Gasteiger partial charge in [-0.15, -0.1) is 0 Å². The Kier molecular flexibility index (Phi) is 3.79. The fourth-order valence-electron chi connectivity index (χ4n) is 1.54. The predicted octanol–water partition coefficient (Wildman–Crippen LogP) is 2.90. The van der Waals surface area contributed by atoms with Gasteiger partial charge in [0.25, 0.3) is 0 Å². The van der Waals surface area contributed by atoms with Crippen LogP contribution in [-0.2, 0) is 0 Å². The van der Waals surface area contributed by atoms with E-state index in [0.29, 0.717) is 17.4 Å². The SMILES string of the molecule is COc1ccccc1Oc1ccc([C@H](C)N)cn1. The number of hydrogen-bond acceptors (Lipinski definition) is 4. The molecule has 0 unspecified atom stereocenters. The van der Waals surface area contributed by atoms with Crippen LogP contribution in [0.15, 0.2) is 42.6 Å². The molecule has 4 heteroatoms. The minimum Gasteiger partial charge on any atom is -0.493 e. The molecule has 0 fully saturated rings. The van der Waals surface area contributed by atoms with Gasteiger partial charge < -0.3 is 15.2 Å². The zero-order valence-electron chi connectivity index (χ0n) is 10.5. The molecule has 2 N–H and O–H groups in total. The normalized spacial score (nSPS) is 11.9. The van der Waals surface area contributed by atoms with Crippen molar-refractivity contribution in [2.24, 2.45) is 5.73 Å². The Balaban J connectivity index is 2.18. The lowest BCUT2D eigenvalue weighted by atomic mass is 10.2. The molecule has 4 nitrogen and oxygen atoms in total. The number of para-hydroxylation sites is 2. The Morgan fingerprint density at radius 2 is 1.83 bits per heavy atom. The van der Waals surface area contributed by atoms with E-state index in [4.69, 9.17) is 15.2 Å². The maximum absolute atomic E-state index is 5.76. The van der Waals surface area contributed by atoms with Crippen LogP contribution in [0.5, 0.6) is 17.4 Å². The molecule has 2 rings (SSSR count). The number of methoxy groups -OCH3 is 1. The van der Waals surface area contributed by atoms with Crippen LogP contribution in [-0.4, -0.2) is 12.1 Å². The highest BCUT2D eigenvalue weighted by atomic mass is 16.5. The highest BCUT2D eigenvalue weighted by Crippen LogP contribution is 2.30. The van der Waals surface area contributed by atoms with Crippen molar-refractivity contribution >= 4 is 0 Å². The molecule has 0 amide bonds. The van der Waals surface area contributed by atoms with Crippen LogP contribution >= 0.6 is 0 Å². The van der Waals surface area contributed by atoms with Crippen molar-refractivity contribution in [1.29, 1.82) is 0 Å². The third-order valence-electron chi connectivity index (χ3n) is 2.57. The second-order valence-electron chi connectivity index (χ2n) is 3.97. The second kappa shape index (κ2) is 5.51. The van der Waals surface area contributed by atoms with Crippen LogP contribution in [0.4, 0.5) is 0 Å². The number of rotatable bonds is 4. The summed E-state index contributed by atoms with van der Waals surface area (Å²) in [4.78, 5) is 4.21. The van der Waals surface area contributed by atoms with Crippen LogP contribution in [0.3, 0.4) is 0 Å². The Morgan fingerprint density at radius 3 is 2.39 bits per heavy atom. The largest absolute Gasteiger partial charge is 0.493 e. The van der Waals surface area contributed by atoms with Crippen LogP contribution in [0, 0.1) is 0 Å². The van der Waals surface area contributed by atoms with Crippen molar-refractivity contribution in [3.05, 3.63) is 48.2 Å². The molecule has 1 heterocycles.